The highest BCUT2D eigenvalue weighted by atomic mass is 16.5. The number of nitrogens with zero attached hydrogens (tertiary/aromatic N) is 1. The summed E-state index contributed by atoms with van der Waals surface area (Å²) < 4.78 is 5.57. The number of aliphatic imine (C=N–C) groups is 1. The van der Waals surface area contributed by atoms with Crippen LogP contribution < -0.4 is 16.0 Å². The summed E-state index contributed by atoms with van der Waals surface area (Å²) in [5.74, 6) is 0.768. The van der Waals surface area contributed by atoms with Crippen molar-refractivity contribution in [1.82, 2.24) is 16.0 Å². The van der Waals surface area contributed by atoms with Gasteiger partial charge >= 0.3 is 0 Å². The van der Waals surface area contributed by atoms with Crippen molar-refractivity contribution in [2.75, 3.05) is 26.2 Å². The van der Waals surface area contributed by atoms with Crippen molar-refractivity contribution in [3.8, 4) is 0 Å². The average Bonchev–Trinajstić information content (AvgIpc) is 3.30. The van der Waals surface area contributed by atoms with Crippen molar-refractivity contribution < 1.29 is 9.53 Å². The Morgan fingerprint density at radius 1 is 1.20 bits per heavy atom. The van der Waals surface area contributed by atoms with Gasteiger partial charge in [-0.2, -0.15) is 0 Å². The first-order valence-corrected chi connectivity index (χ1v) is 11.4. The maximum absolute atomic E-state index is 12.5. The molecular formula is C24H36N4O2. The lowest BCUT2D eigenvalue weighted by Gasteiger charge is -2.15. The molecule has 164 valence electrons. The Morgan fingerprint density at radius 2 is 2.13 bits per heavy atom. The fourth-order valence-electron chi connectivity index (χ4n) is 3.91. The summed E-state index contributed by atoms with van der Waals surface area (Å²) in [6, 6.07) is 7.70. The number of carbonyl (C=O) groups excluding carboxylic acids is 1. The monoisotopic (exact) mass is 412 g/mol. The van der Waals surface area contributed by atoms with E-state index in [9.17, 15) is 4.79 Å². The van der Waals surface area contributed by atoms with Gasteiger partial charge in [-0.1, -0.05) is 23.8 Å². The number of ether oxygens (including phenoxy) is 1. The normalized spacial score (nSPS) is 19.3. The largest absolute Gasteiger partial charge is 0.376 e. The molecule has 6 heteroatoms. The van der Waals surface area contributed by atoms with Crippen molar-refractivity contribution in [2.45, 2.75) is 64.5 Å². The molecule has 0 aromatic heterocycles. The number of rotatable bonds is 9. The van der Waals surface area contributed by atoms with Crippen LogP contribution in [0.15, 0.2) is 40.9 Å². The molecule has 1 aliphatic carbocycles. The number of amides is 1. The van der Waals surface area contributed by atoms with E-state index in [1.54, 1.807) is 5.57 Å². The van der Waals surface area contributed by atoms with Crippen molar-refractivity contribution in [3.63, 3.8) is 0 Å². The van der Waals surface area contributed by atoms with Crippen LogP contribution in [0.2, 0.25) is 0 Å². The van der Waals surface area contributed by atoms with Crippen LogP contribution in [0.3, 0.4) is 0 Å². The van der Waals surface area contributed by atoms with E-state index < -0.39 is 0 Å². The third-order valence-electron chi connectivity index (χ3n) is 5.59. The molecule has 1 fully saturated rings. The predicted molar refractivity (Wildman–Crippen MR) is 122 cm³/mol. The maximum atomic E-state index is 12.5. The minimum Gasteiger partial charge on any atom is -0.376 e. The quantitative estimate of drug-likeness (QED) is 0.329. The lowest BCUT2D eigenvalue weighted by atomic mass is 9.97. The van der Waals surface area contributed by atoms with Crippen LogP contribution in [0, 0.1) is 0 Å². The first-order valence-electron chi connectivity index (χ1n) is 11.4. The van der Waals surface area contributed by atoms with E-state index in [0.717, 1.165) is 50.5 Å². The second kappa shape index (κ2) is 12.4. The Bertz CT molecular complexity index is 738. The van der Waals surface area contributed by atoms with Gasteiger partial charge in [-0.05, 0) is 69.6 Å². The van der Waals surface area contributed by atoms with Crippen LogP contribution in [0.4, 0.5) is 0 Å². The predicted octanol–water partition coefficient (Wildman–Crippen LogP) is 3.54. The smallest absolute Gasteiger partial charge is 0.251 e. The molecule has 1 atom stereocenters. The molecular weight excluding hydrogens is 376 g/mol. The molecule has 0 spiro atoms. The summed E-state index contributed by atoms with van der Waals surface area (Å²) >= 11 is 0. The lowest BCUT2D eigenvalue weighted by molar-refractivity contribution is 0.0857. The topological polar surface area (TPSA) is 74.8 Å². The molecule has 2 aliphatic rings. The van der Waals surface area contributed by atoms with Crippen molar-refractivity contribution in [3.05, 3.63) is 47.0 Å². The van der Waals surface area contributed by atoms with Gasteiger partial charge in [0.25, 0.3) is 5.91 Å². The van der Waals surface area contributed by atoms with Gasteiger partial charge in [0.2, 0.25) is 0 Å². The lowest BCUT2D eigenvalue weighted by Crippen LogP contribution is -2.37. The summed E-state index contributed by atoms with van der Waals surface area (Å²) in [6.45, 7) is 5.69. The summed E-state index contributed by atoms with van der Waals surface area (Å²) in [4.78, 5) is 17.2. The molecule has 1 aliphatic heterocycles. The molecule has 1 aromatic rings. The zero-order chi connectivity index (χ0) is 21.0. The van der Waals surface area contributed by atoms with Gasteiger partial charge in [0.05, 0.1) is 12.6 Å². The Morgan fingerprint density at radius 3 is 2.90 bits per heavy atom. The second-order valence-corrected chi connectivity index (χ2v) is 8.03. The molecule has 0 saturated carbocycles. The number of hydrogen-bond donors (Lipinski definition) is 3. The number of nitrogens with one attached hydrogen (secondary N) is 3. The van der Waals surface area contributed by atoms with Crippen molar-refractivity contribution in [2.24, 2.45) is 4.99 Å². The van der Waals surface area contributed by atoms with Crippen molar-refractivity contribution in [1.29, 1.82) is 0 Å². The summed E-state index contributed by atoms with van der Waals surface area (Å²) in [5, 5.41) is 9.72. The van der Waals surface area contributed by atoms with E-state index in [0.29, 0.717) is 18.7 Å². The Hall–Kier alpha value is -2.34. The first kappa shape index (κ1) is 22.3. The molecule has 30 heavy (non-hydrogen) atoms. The highest BCUT2D eigenvalue weighted by Gasteiger charge is 2.16. The number of allylic oxidation sites excluding steroid dienone is 1. The molecule has 1 aromatic carbocycles. The molecule has 1 unspecified atom stereocenters. The fourth-order valence-corrected chi connectivity index (χ4v) is 3.91. The molecule has 3 N–H and O–H groups in total. The number of hydrogen-bond acceptors (Lipinski definition) is 3. The van der Waals surface area contributed by atoms with Gasteiger partial charge in [0.15, 0.2) is 5.96 Å². The first-order chi connectivity index (χ1) is 14.7. The Labute approximate surface area is 180 Å². The molecule has 0 bridgehead atoms. The number of guanidine groups is 1. The van der Waals surface area contributed by atoms with Crippen molar-refractivity contribution >= 4 is 11.9 Å². The molecule has 6 nitrogen and oxygen atoms in total. The third kappa shape index (κ3) is 7.48. The summed E-state index contributed by atoms with van der Waals surface area (Å²) in [7, 11) is 0. The molecule has 1 amide bonds. The highest BCUT2D eigenvalue weighted by molar-refractivity contribution is 5.94. The summed E-state index contributed by atoms with van der Waals surface area (Å²) in [6.07, 6.45) is 10.8. The molecule has 3 rings (SSSR count). The fraction of sp³-hybridized carbons (Fsp3) is 0.583. The van der Waals surface area contributed by atoms with Crippen LogP contribution in [-0.2, 0) is 11.3 Å². The molecule has 1 heterocycles. The second-order valence-electron chi connectivity index (χ2n) is 8.03. The van der Waals surface area contributed by atoms with E-state index in [1.807, 2.05) is 24.3 Å². The van der Waals surface area contributed by atoms with Crippen LogP contribution in [0.25, 0.3) is 0 Å². The third-order valence-corrected chi connectivity index (χ3v) is 5.59. The zero-order valence-electron chi connectivity index (χ0n) is 18.2. The minimum atomic E-state index is -0.0536. The van der Waals surface area contributed by atoms with Crippen LogP contribution in [-0.4, -0.2) is 44.2 Å². The molecule has 1 saturated heterocycles. The van der Waals surface area contributed by atoms with Gasteiger partial charge in [0, 0.05) is 31.8 Å². The standard InChI is InChI=1S/C24H36N4O2/c1-2-25-24(26-14-13-19-8-4-3-5-9-19)28-17-20-10-6-11-21(16-20)23(29)27-18-22-12-7-15-30-22/h6,8,10-11,16,22H,2-5,7,9,12-15,17-18H2,1H3,(H,27,29)(H2,25,26,28). The summed E-state index contributed by atoms with van der Waals surface area (Å²) in [5.41, 5.74) is 3.25. The van der Waals surface area contributed by atoms with Crippen LogP contribution in [0.5, 0.6) is 0 Å². The number of carbonyl (C=O) groups is 1. The maximum Gasteiger partial charge on any atom is 0.251 e. The molecule has 0 radical (unpaired) electrons. The van der Waals surface area contributed by atoms with E-state index in [2.05, 4.69) is 29.0 Å². The van der Waals surface area contributed by atoms with E-state index in [1.165, 1.54) is 25.7 Å². The van der Waals surface area contributed by atoms with Gasteiger partial charge in [0.1, 0.15) is 0 Å². The minimum absolute atomic E-state index is 0.0536. The Kier molecular flexibility index (Phi) is 9.22. The van der Waals surface area contributed by atoms with Crippen LogP contribution >= 0.6 is 0 Å². The average molecular weight is 413 g/mol. The Balaban J connectivity index is 1.49. The number of benzene rings is 1. The van der Waals surface area contributed by atoms with E-state index in [-0.39, 0.29) is 12.0 Å². The van der Waals surface area contributed by atoms with E-state index in [4.69, 9.17) is 9.73 Å². The van der Waals surface area contributed by atoms with Crippen LogP contribution in [0.1, 0.15) is 67.8 Å². The van der Waals surface area contributed by atoms with Gasteiger partial charge in [-0.15, -0.1) is 0 Å². The SMILES string of the molecule is CCNC(=NCc1cccc(C(=O)NCC2CCCO2)c1)NCCC1=CCCCC1. The zero-order valence-corrected chi connectivity index (χ0v) is 18.2. The highest BCUT2D eigenvalue weighted by Crippen LogP contribution is 2.19. The van der Waals surface area contributed by atoms with E-state index >= 15 is 0 Å². The van der Waals surface area contributed by atoms with Gasteiger partial charge in [-0.3, -0.25) is 4.79 Å². The van der Waals surface area contributed by atoms with Gasteiger partial charge < -0.3 is 20.7 Å². The van der Waals surface area contributed by atoms with Gasteiger partial charge in [-0.25, -0.2) is 4.99 Å².